The number of rotatable bonds is 3. The summed E-state index contributed by atoms with van der Waals surface area (Å²) in [6.07, 6.45) is 3.88. The van der Waals surface area contributed by atoms with E-state index in [1.54, 1.807) is 18.7 Å². The summed E-state index contributed by atoms with van der Waals surface area (Å²) in [5, 5.41) is 5.82. The number of nitrogens with zero attached hydrogens (tertiary/aromatic N) is 5. The highest BCUT2D eigenvalue weighted by Crippen LogP contribution is 2.30. The van der Waals surface area contributed by atoms with Crippen molar-refractivity contribution in [3.8, 4) is 5.82 Å². The summed E-state index contributed by atoms with van der Waals surface area (Å²) in [7, 11) is 0. The third kappa shape index (κ3) is 3.51. The van der Waals surface area contributed by atoms with Crippen molar-refractivity contribution in [2.75, 3.05) is 19.3 Å². The number of amides is 1. The van der Waals surface area contributed by atoms with Gasteiger partial charge in [-0.1, -0.05) is 6.07 Å². The molecule has 1 aromatic carbocycles. The van der Waals surface area contributed by atoms with Crippen molar-refractivity contribution < 1.29 is 4.79 Å². The van der Waals surface area contributed by atoms with Gasteiger partial charge < -0.3 is 4.90 Å². The topological polar surface area (TPSA) is 63.9 Å². The summed E-state index contributed by atoms with van der Waals surface area (Å²) in [4.78, 5) is 24.4. The van der Waals surface area contributed by atoms with Crippen LogP contribution in [0.2, 0.25) is 0 Å². The monoisotopic (exact) mass is 395 g/mol. The number of carbonyl (C=O) groups excluding carboxylic acids is 1. The largest absolute Gasteiger partial charge is 0.343 e. The molecule has 0 radical (unpaired) electrons. The third-order valence-corrected chi connectivity index (χ3v) is 6.20. The molecular weight excluding hydrogens is 370 g/mol. The lowest BCUT2D eigenvalue weighted by atomic mass is 9.96. The molecule has 1 aliphatic heterocycles. The maximum Gasteiger partial charge on any atom is 0.219 e. The first-order valence-electron chi connectivity index (χ1n) is 9.61. The van der Waals surface area contributed by atoms with Gasteiger partial charge in [0, 0.05) is 36.2 Å². The number of piperidine rings is 1. The molecular formula is C21H25N5OS. The van der Waals surface area contributed by atoms with Gasteiger partial charge in [0.05, 0.1) is 5.52 Å². The smallest absolute Gasteiger partial charge is 0.219 e. The van der Waals surface area contributed by atoms with Crippen LogP contribution in [0.3, 0.4) is 0 Å². The molecule has 1 fully saturated rings. The summed E-state index contributed by atoms with van der Waals surface area (Å²) in [5.74, 6) is 2.95. The fourth-order valence-electron chi connectivity index (χ4n) is 3.92. The minimum absolute atomic E-state index is 0.146. The standard InChI is InChI=1S/C21H25N5OS/c1-13-11-20(23-19-12-17(28-4)5-6-18(13)19)26-21(22-14(2)24-26)16-7-9-25(10-8-16)15(3)27/h5-6,11-12,16H,7-10H2,1-4H3. The van der Waals surface area contributed by atoms with Crippen molar-refractivity contribution in [1.29, 1.82) is 0 Å². The van der Waals surface area contributed by atoms with Crippen molar-refractivity contribution in [3.63, 3.8) is 0 Å². The molecule has 2 aromatic heterocycles. The number of carbonyl (C=O) groups is 1. The van der Waals surface area contributed by atoms with Gasteiger partial charge in [-0.3, -0.25) is 4.79 Å². The zero-order chi connectivity index (χ0) is 19.8. The van der Waals surface area contributed by atoms with Crippen molar-refractivity contribution >= 4 is 28.6 Å². The van der Waals surface area contributed by atoms with Crippen molar-refractivity contribution in [3.05, 3.63) is 41.5 Å². The Morgan fingerprint density at radius 3 is 2.57 bits per heavy atom. The number of aryl methyl sites for hydroxylation is 2. The number of hydrogen-bond donors (Lipinski definition) is 0. The molecule has 0 aliphatic carbocycles. The lowest BCUT2D eigenvalue weighted by Gasteiger charge is -2.30. The van der Waals surface area contributed by atoms with Gasteiger partial charge in [-0.25, -0.2) is 9.97 Å². The maximum absolute atomic E-state index is 11.6. The second-order valence-electron chi connectivity index (χ2n) is 7.39. The van der Waals surface area contributed by atoms with Gasteiger partial charge in [-0.05, 0) is 56.7 Å². The van der Waals surface area contributed by atoms with Gasteiger partial charge in [-0.15, -0.1) is 16.9 Å². The second kappa shape index (κ2) is 7.54. The van der Waals surface area contributed by atoms with Crippen LogP contribution in [0.15, 0.2) is 29.2 Å². The number of hydrogen-bond acceptors (Lipinski definition) is 5. The molecule has 7 heteroatoms. The molecule has 28 heavy (non-hydrogen) atoms. The van der Waals surface area contributed by atoms with Crippen LogP contribution in [0.5, 0.6) is 0 Å². The van der Waals surface area contributed by atoms with E-state index in [4.69, 9.17) is 9.97 Å². The normalized spacial score (nSPS) is 15.4. The van der Waals surface area contributed by atoms with Gasteiger partial charge in [0.15, 0.2) is 5.82 Å². The Morgan fingerprint density at radius 2 is 1.89 bits per heavy atom. The first-order valence-corrected chi connectivity index (χ1v) is 10.8. The molecule has 1 aliphatic rings. The van der Waals surface area contributed by atoms with Gasteiger partial charge in [-0.2, -0.15) is 4.68 Å². The van der Waals surface area contributed by atoms with E-state index in [-0.39, 0.29) is 11.8 Å². The van der Waals surface area contributed by atoms with E-state index in [9.17, 15) is 4.79 Å². The molecule has 1 saturated heterocycles. The van der Waals surface area contributed by atoms with Gasteiger partial charge in [0.1, 0.15) is 11.6 Å². The fraction of sp³-hybridized carbons (Fsp3) is 0.429. The molecule has 4 rings (SSSR count). The highest BCUT2D eigenvalue weighted by atomic mass is 32.2. The SMILES string of the molecule is CSc1ccc2c(C)cc(-n3nc(C)nc3C3CCN(C(C)=O)CC3)nc2c1. The van der Waals surface area contributed by atoms with E-state index < -0.39 is 0 Å². The van der Waals surface area contributed by atoms with Crippen LogP contribution in [0, 0.1) is 13.8 Å². The molecule has 3 heterocycles. The Labute approximate surface area is 169 Å². The van der Waals surface area contributed by atoms with Gasteiger partial charge in [0.2, 0.25) is 5.91 Å². The van der Waals surface area contributed by atoms with Crippen LogP contribution in [-0.2, 0) is 4.79 Å². The first kappa shape index (κ1) is 18.9. The minimum atomic E-state index is 0.146. The van der Waals surface area contributed by atoms with Gasteiger partial charge >= 0.3 is 0 Å². The first-order chi connectivity index (χ1) is 13.5. The number of aromatic nitrogens is 4. The molecule has 6 nitrogen and oxygen atoms in total. The summed E-state index contributed by atoms with van der Waals surface area (Å²) < 4.78 is 1.90. The summed E-state index contributed by atoms with van der Waals surface area (Å²) in [5.41, 5.74) is 2.16. The Morgan fingerprint density at radius 1 is 1.14 bits per heavy atom. The summed E-state index contributed by atoms with van der Waals surface area (Å²) in [6, 6.07) is 8.49. The van der Waals surface area contributed by atoms with E-state index in [1.807, 2.05) is 16.5 Å². The lowest BCUT2D eigenvalue weighted by Crippen LogP contribution is -2.36. The van der Waals surface area contributed by atoms with E-state index in [0.29, 0.717) is 0 Å². The summed E-state index contributed by atoms with van der Waals surface area (Å²) in [6.45, 7) is 7.21. The molecule has 0 N–H and O–H groups in total. The zero-order valence-electron chi connectivity index (χ0n) is 16.8. The average molecular weight is 396 g/mol. The van der Waals surface area contributed by atoms with Crippen LogP contribution < -0.4 is 0 Å². The highest BCUT2D eigenvalue weighted by molar-refractivity contribution is 7.98. The minimum Gasteiger partial charge on any atom is -0.343 e. The number of pyridine rings is 1. The van der Waals surface area contributed by atoms with Crippen LogP contribution in [0.1, 0.15) is 42.9 Å². The van der Waals surface area contributed by atoms with Crippen molar-refractivity contribution in [2.24, 2.45) is 0 Å². The Balaban J connectivity index is 1.73. The number of benzene rings is 1. The van der Waals surface area contributed by atoms with Crippen LogP contribution in [-0.4, -0.2) is 49.9 Å². The number of fused-ring (bicyclic) bond motifs is 1. The van der Waals surface area contributed by atoms with E-state index >= 15 is 0 Å². The molecule has 0 unspecified atom stereocenters. The van der Waals surface area contributed by atoms with E-state index in [2.05, 4.69) is 42.5 Å². The lowest BCUT2D eigenvalue weighted by molar-refractivity contribution is -0.129. The third-order valence-electron chi connectivity index (χ3n) is 5.47. The predicted molar refractivity (Wildman–Crippen MR) is 112 cm³/mol. The Bertz CT molecular complexity index is 1040. The number of thioether (sulfide) groups is 1. The molecule has 0 bridgehead atoms. The molecule has 1 amide bonds. The van der Waals surface area contributed by atoms with E-state index in [1.165, 1.54) is 10.5 Å². The molecule has 0 saturated carbocycles. The van der Waals surface area contributed by atoms with Gasteiger partial charge in [0.25, 0.3) is 0 Å². The molecule has 0 atom stereocenters. The molecule has 146 valence electrons. The quantitative estimate of drug-likeness (QED) is 0.630. The van der Waals surface area contributed by atoms with E-state index in [0.717, 1.165) is 54.3 Å². The summed E-state index contributed by atoms with van der Waals surface area (Å²) >= 11 is 1.72. The van der Waals surface area contributed by atoms with Crippen molar-refractivity contribution in [1.82, 2.24) is 24.6 Å². The predicted octanol–water partition coefficient (Wildman–Crippen LogP) is 3.88. The molecule has 3 aromatic rings. The van der Waals surface area contributed by atoms with Crippen molar-refractivity contribution in [2.45, 2.75) is 44.4 Å². The molecule has 0 spiro atoms. The Kier molecular flexibility index (Phi) is 5.10. The van der Waals surface area contributed by atoms with Crippen LogP contribution in [0.4, 0.5) is 0 Å². The highest BCUT2D eigenvalue weighted by Gasteiger charge is 2.27. The van der Waals surface area contributed by atoms with Crippen LogP contribution in [0.25, 0.3) is 16.7 Å². The second-order valence-corrected chi connectivity index (χ2v) is 8.27. The average Bonchev–Trinajstić information content (AvgIpc) is 3.09. The maximum atomic E-state index is 11.6. The Hall–Kier alpha value is -2.41. The number of likely N-dealkylation sites (tertiary alicyclic amines) is 1. The zero-order valence-corrected chi connectivity index (χ0v) is 17.6. The van der Waals surface area contributed by atoms with Crippen LogP contribution >= 0.6 is 11.8 Å². The fourth-order valence-corrected chi connectivity index (χ4v) is 4.35.